The molecule has 0 saturated carbocycles. The maximum absolute atomic E-state index is 11.4. The van der Waals surface area contributed by atoms with Gasteiger partial charge in [0.25, 0.3) is 0 Å². The van der Waals surface area contributed by atoms with Crippen molar-refractivity contribution in [2.75, 3.05) is 13.7 Å². The van der Waals surface area contributed by atoms with Gasteiger partial charge in [-0.2, -0.15) is 0 Å². The highest BCUT2D eigenvalue weighted by atomic mass is 35.5. The van der Waals surface area contributed by atoms with Gasteiger partial charge in [-0.1, -0.05) is 23.2 Å². The first-order chi connectivity index (χ1) is 12.0. The van der Waals surface area contributed by atoms with Crippen LogP contribution < -0.4 is 15.0 Å². The summed E-state index contributed by atoms with van der Waals surface area (Å²) in [6.45, 7) is -0.154. The van der Waals surface area contributed by atoms with Gasteiger partial charge in [-0.25, -0.2) is 0 Å². The number of esters is 1. The van der Waals surface area contributed by atoms with Gasteiger partial charge in [-0.05, 0) is 48.5 Å². The van der Waals surface area contributed by atoms with Crippen LogP contribution in [0.25, 0.3) is 0 Å². The molecule has 0 aromatic heterocycles. The second-order valence-electron chi connectivity index (χ2n) is 4.90. The third-order valence-corrected chi connectivity index (χ3v) is 3.51. The van der Waals surface area contributed by atoms with E-state index in [1.54, 1.807) is 48.5 Å². The number of carbonyl (C=O) groups excluding carboxylic acids is 1. The van der Waals surface area contributed by atoms with Gasteiger partial charge in [-0.3, -0.25) is 4.79 Å². The van der Waals surface area contributed by atoms with Gasteiger partial charge in [0.2, 0.25) is 0 Å². The highest BCUT2D eigenvalue weighted by Crippen LogP contribution is 2.19. The molecule has 0 heterocycles. The second kappa shape index (κ2) is 9.53. The number of benzene rings is 2. The summed E-state index contributed by atoms with van der Waals surface area (Å²) in [5.74, 6) is 0.335. The van der Waals surface area contributed by atoms with Gasteiger partial charge in [-0.15, -0.1) is 0 Å². The summed E-state index contributed by atoms with van der Waals surface area (Å²) in [4.78, 5) is 11.4. The van der Waals surface area contributed by atoms with Gasteiger partial charge in [0.05, 0.1) is 13.7 Å². The zero-order valence-electron chi connectivity index (χ0n) is 13.4. The van der Waals surface area contributed by atoms with Crippen LogP contribution in [0.15, 0.2) is 48.5 Å². The molecule has 25 heavy (non-hydrogen) atoms. The molecule has 1 unspecified atom stereocenters. The van der Waals surface area contributed by atoms with E-state index < -0.39 is 19.3 Å². The van der Waals surface area contributed by atoms with Gasteiger partial charge in [0.15, 0.2) is 0 Å². The lowest BCUT2D eigenvalue weighted by Crippen LogP contribution is -2.42. The lowest BCUT2D eigenvalue weighted by atomic mass is 10.2. The highest BCUT2D eigenvalue weighted by Gasteiger charge is 2.29. The Morgan fingerprint density at radius 3 is 1.84 bits per heavy atom. The predicted octanol–water partition coefficient (Wildman–Crippen LogP) is 2.95. The van der Waals surface area contributed by atoms with Crippen LogP contribution >= 0.6 is 23.2 Å². The van der Waals surface area contributed by atoms with Crippen molar-refractivity contribution in [3.63, 3.8) is 0 Å². The first kappa shape index (κ1) is 19.4. The van der Waals surface area contributed by atoms with Crippen molar-refractivity contribution in [3.05, 3.63) is 58.6 Å². The summed E-state index contributed by atoms with van der Waals surface area (Å²) >= 11 is 11.7. The fourth-order valence-electron chi connectivity index (χ4n) is 1.74. The number of methoxy groups -OCH3 is 1. The number of nitrogens with two attached hydrogens (primary N) is 1. The zero-order valence-corrected chi connectivity index (χ0v) is 14.9. The standard InChI is InChI=1S/C16H16BCl2NO5/c1-22-16(21)15(20)10-23-17(24-13-6-2-11(18)3-7-13)25-14-8-4-12(19)5-9-14/h2-9,15H,10,20H2,1H3. The minimum Gasteiger partial charge on any atom is -0.501 e. The zero-order chi connectivity index (χ0) is 18.2. The maximum Gasteiger partial charge on any atom is 0.788 e. The Labute approximate surface area is 155 Å². The van der Waals surface area contributed by atoms with Crippen LogP contribution in [0.3, 0.4) is 0 Å². The number of ether oxygens (including phenoxy) is 1. The van der Waals surface area contributed by atoms with Gasteiger partial charge in [0.1, 0.15) is 17.5 Å². The largest absolute Gasteiger partial charge is 0.788 e. The quantitative estimate of drug-likeness (QED) is 0.557. The molecule has 0 fully saturated rings. The SMILES string of the molecule is COC(=O)C(N)COB(Oc1ccc(Cl)cc1)Oc1ccc(Cl)cc1. The van der Waals surface area contributed by atoms with Crippen LogP contribution in [0.2, 0.25) is 10.0 Å². The first-order valence-electron chi connectivity index (χ1n) is 7.27. The van der Waals surface area contributed by atoms with Crippen molar-refractivity contribution in [2.24, 2.45) is 5.73 Å². The minimum atomic E-state index is -1.14. The summed E-state index contributed by atoms with van der Waals surface area (Å²) in [5, 5.41) is 1.13. The Bertz CT molecular complexity index is 636. The molecule has 132 valence electrons. The van der Waals surface area contributed by atoms with Crippen LogP contribution in [0.4, 0.5) is 0 Å². The molecule has 0 aliphatic heterocycles. The van der Waals surface area contributed by atoms with Gasteiger partial charge in [0, 0.05) is 10.0 Å². The molecule has 2 rings (SSSR count). The molecule has 2 N–H and O–H groups in total. The van der Waals surface area contributed by atoms with E-state index in [2.05, 4.69) is 4.74 Å². The molecule has 6 nitrogen and oxygen atoms in total. The number of hydrogen-bond acceptors (Lipinski definition) is 6. The van der Waals surface area contributed by atoms with Crippen molar-refractivity contribution in [3.8, 4) is 11.5 Å². The van der Waals surface area contributed by atoms with E-state index in [1.165, 1.54) is 7.11 Å². The average Bonchev–Trinajstić information content (AvgIpc) is 2.62. The smallest absolute Gasteiger partial charge is 0.501 e. The van der Waals surface area contributed by atoms with Gasteiger partial charge >= 0.3 is 13.3 Å². The van der Waals surface area contributed by atoms with Crippen molar-refractivity contribution >= 4 is 36.5 Å². The van der Waals surface area contributed by atoms with Crippen molar-refractivity contribution < 1.29 is 23.5 Å². The first-order valence-corrected chi connectivity index (χ1v) is 8.03. The molecule has 0 radical (unpaired) electrons. The molecule has 0 bridgehead atoms. The van der Waals surface area contributed by atoms with E-state index in [-0.39, 0.29) is 6.61 Å². The molecule has 0 saturated heterocycles. The molecule has 2 aromatic carbocycles. The number of rotatable bonds is 8. The van der Waals surface area contributed by atoms with Crippen LogP contribution in [0.1, 0.15) is 0 Å². The van der Waals surface area contributed by atoms with Crippen molar-refractivity contribution in [2.45, 2.75) is 6.04 Å². The van der Waals surface area contributed by atoms with E-state index in [4.69, 9.17) is 42.9 Å². The summed E-state index contributed by atoms with van der Waals surface area (Å²) in [6.07, 6.45) is 0. The molecule has 2 aromatic rings. The lowest BCUT2D eigenvalue weighted by molar-refractivity contribution is -0.143. The average molecular weight is 384 g/mol. The summed E-state index contributed by atoms with van der Waals surface area (Å²) in [6, 6.07) is 12.3. The summed E-state index contributed by atoms with van der Waals surface area (Å²) in [5.41, 5.74) is 5.66. The molecule has 0 amide bonds. The van der Waals surface area contributed by atoms with Crippen LogP contribution in [-0.2, 0) is 14.2 Å². The third-order valence-electron chi connectivity index (χ3n) is 3.01. The number of hydrogen-bond donors (Lipinski definition) is 1. The Morgan fingerprint density at radius 1 is 1.00 bits per heavy atom. The van der Waals surface area contributed by atoms with E-state index in [9.17, 15) is 4.79 Å². The van der Waals surface area contributed by atoms with E-state index in [1.807, 2.05) is 0 Å². The third kappa shape index (κ3) is 6.47. The topological polar surface area (TPSA) is 80.0 Å². The molecular weight excluding hydrogens is 368 g/mol. The fourth-order valence-corrected chi connectivity index (χ4v) is 1.99. The lowest BCUT2D eigenvalue weighted by Gasteiger charge is -2.17. The van der Waals surface area contributed by atoms with Crippen molar-refractivity contribution in [1.29, 1.82) is 0 Å². The maximum atomic E-state index is 11.4. The van der Waals surface area contributed by atoms with Crippen molar-refractivity contribution in [1.82, 2.24) is 0 Å². The second-order valence-corrected chi connectivity index (χ2v) is 5.77. The van der Waals surface area contributed by atoms with Crippen LogP contribution in [0.5, 0.6) is 11.5 Å². The fraction of sp³-hybridized carbons (Fsp3) is 0.188. The normalized spacial score (nSPS) is 11.5. The Kier molecular flexibility index (Phi) is 7.40. The van der Waals surface area contributed by atoms with Gasteiger partial charge < -0.3 is 24.4 Å². The highest BCUT2D eigenvalue weighted by molar-refractivity contribution is 6.38. The summed E-state index contributed by atoms with van der Waals surface area (Å²) in [7, 11) is 0.103. The molecular formula is C16H16BCl2NO5. The molecule has 0 spiro atoms. The molecule has 0 aliphatic carbocycles. The Morgan fingerprint density at radius 2 is 1.44 bits per heavy atom. The van der Waals surface area contributed by atoms with E-state index >= 15 is 0 Å². The Hall–Kier alpha value is -1.93. The molecule has 0 aliphatic rings. The molecule has 9 heteroatoms. The Balaban J connectivity index is 2.05. The monoisotopic (exact) mass is 383 g/mol. The van der Waals surface area contributed by atoms with E-state index in [0.29, 0.717) is 21.5 Å². The summed E-state index contributed by atoms with van der Waals surface area (Å²) < 4.78 is 21.3. The van der Waals surface area contributed by atoms with Crippen LogP contribution in [-0.4, -0.2) is 33.0 Å². The number of halogens is 2. The minimum absolute atomic E-state index is 0.154. The van der Waals surface area contributed by atoms with Crippen LogP contribution in [0, 0.1) is 0 Å². The van der Waals surface area contributed by atoms with E-state index in [0.717, 1.165) is 0 Å². The predicted molar refractivity (Wildman–Crippen MR) is 95.9 cm³/mol. The molecule has 1 atom stereocenters. The number of carbonyl (C=O) groups is 1.